The topological polar surface area (TPSA) is 34.2 Å². The van der Waals surface area contributed by atoms with E-state index in [1.807, 2.05) is 19.3 Å². The molecule has 0 amide bonds. The molecule has 0 atom stereocenters. The van der Waals surface area contributed by atoms with Crippen LogP contribution in [0, 0.1) is 0 Å². The molecule has 0 saturated heterocycles. The molecule has 1 aliphatic rings. The molecule has 0 aliphatic carbocycles. The molecule has 0 bridgehead atoms. The van der Waals surface area contributed by atoms with Crippen LogP contribution in [0.25, 0.3) is 0 Å². The molecule has 3 nitrogen and oxygen atoms in total. The first kappa shape index (κ1) is 6.46. The SMILES string of the molecule is CNc1cnc2c(c1)OCC2. The lowest BCUT2D eigenvalue weighted by Gasteiger charge is -2.01. The van der Waals surface area contributed by atoms with Crippen LogP contribution in [0.15, 0.2) is 12.3 Å². The van der Waals surface area contributed by atoms with Gasteiger partial charge in [-0.3, -0.25) is 4.98 Å². The van der Waals surface area contributed by atoms with Gasteiger partial charge in [-0.1, -0.05) is 0 Å². The van der Waals surface area contributed by atoms with E-state index in [9.17, 15) is 0 Å². The predicted molar refractivity (Wildman–Crippen MR) is 43.0 cm³/mol. The van der Waals surface area contributed by atoms with Gasteiger partial charge in [0.05, 0.1) is 24.2 Å². The minimum absolute atomic E-state index is 0.773. The van der Waals surface area contributed by atoms with Crippen LogP contribution in [0.5, 0.6) is 5.75 Å². The number of anilines is 1. The lowest BCUT2D eigenvalue weighted by molar-refractivity contribution is 0.357. The van der Waals surface area contributed by atoms with Crippen molar-refractivity contribution in [2.24, 2.45) is 0 Å². The van der Waals surface area contributed by atoms with Gasteiger partial charge in [0.15, 0.2) is 0 Å². The third-order valence-electron chi connectivity index (χ3n) is 1.82. The monoisotopic (exact) mass is 150 g/mol. The van der Waals surface area contributed by atoms with Crippen LogP contribution in [0.2, 0.25) is 0 Å². The minimum Gasteiger partial charge on any atom is -0.491 e. The quantitative estimate of drug-likeness (QED) is 0.650. The normalized spacial score (nSPS) is 13.9. The Balaban J connectivity index is 2.41. The molecule has 0 fully saturated rings. The molecule has 0 unspecified atom stereocenters. The van der Waals surface area contributed by atoms with E-state index in [-0.39, 0.29) is 0 Å². The fraction of sp³-hybridized carbons (Fsp3) is 0.375. The smallest absolute Gasteiger partial charge is 0.142 e. The van der Waals surface area contributed by atoms with Crippen LogP contribution < -0.4 is 10.1 Å². The second-order valence-electron chi connectivity index (χ2n) is 2.52. The Kier molecular flexibility index (Phi) is 1.42. The zero-order valence-corrected chi connectivity index (χ0v) is 6.42. The summed E-state index contributed by atoms with van der Waals surface area (Å²) in [7, 11) is 1.87. The van der Waals surface area contributed by atoms with Gasteiger partial charge in [0, 0.05) is 19.5 Å². The maximum Gasteiger partial charge on any atom is 0.142 e. The van der Waals surface area contributed by atoms with Crippen molar-refractivity contribution < 1.29 is 4.74 Å². The van der Waals surface area contributed by atoms with Crippen molar-refractivity contribution in [1.82, 2.24) is 4.98 Å². The lowest BCUT2D eigenvalue weighted by atomic mass is 10.3. The van der Waals surface area contributed by atoms with Crippen molar-refractivity contribution in [1.29, 1.82) is 0 Å². The van der Waals surface area contributed by atoms with E-state index in [4.69, 9.17) is 4.74 Å². The molecular formula is C8H10N2O. The van der Waals surface area contributed by atoms with Gasteiger partial charge in [0.1, 0.15) is 5.75 Å². The maximum atomic E-state index is 5.34. The molecule has 3 heteroatoms. The second-order valence-corrected chi connectivity index (χ2v) is 2.52. The first-order valence-corrected chi connectivity index (χ1v) is 3.69. The fourth-order valence-electron chi connectivity index (χ4n) is 1.18. The first-order chi connectivity index (χ1) is 5.40. The molecule has 58 valence electrons. The molecule has 1 aromatic rings. The van der Waals surface area contributed by atoms with Gasteiger partial charge in [-0.25, -0.2) is 0 Å². The Morgan fingerprint density at radius 2 is 2.55 bits per heavy atom. The minimum atomic E-state index is 0.773. The van der Waals surface area contributed by atoms with Crippen molar-refractivity contribution in [3.8, 4) is 5.75 Å². The highest BCUT2D eigenvalue weighted by atomic mass is 16.5. The highest BCUT2D eigenvalue weighted by molar-refractivity contribution is 5.48. The molecule has 0 aromatic carbocycles. The Bertz CT molecular complexity index is 273. The summed E-state index contributed by atoms with van der Waals surface area (Å²) in [5, 5.41) is 3.01. The number of nitrogens with zero attached hydrogens (tertiary/aromatic N) is 1. The summed E-state index contributed by atoms with van der Waals surface area (Å²) >= 11 is 0. The zero-order chi connectivity index (χ0) is 7.68. The van der Waals surface area contributed by atoms with Gasteiger partial charge in [-0.15, -0.1) is 0 Å². The van der Waals surface area contributed by atoms with Crippen LogP contribution in [-0.4, -0.2) is 18.6 Å². The third-order valence-corrected chi connectivity index (χ3v) is 1.82. The molecule has 2 rings (SSSR count). The summed E-state index contributed by atoms with van der Waals surface area (Å²) in [4.78, 5) is 4.24. The summed E-state index contributed by atoms with van der Waals surface area (Å²) in [6.07, 6.45) is 2.77. The van der Waals surface area contributed by atoms with Crippen LogP contribution >= 0.6 is 0 Å². The molecule has 1 N–H and O–H groups in total. The van der Waals surface area contributed by atoms with Gasteiger partial charge >= 0.3 is 0 Å². The van der Waals surface area contributed by atoms with E-state index in [0.717, 1.165) is 30.2 Å². The molecule has 0 spiro atoms. The number of hydrogen-bond donors (Lipinski definition) is 1. The summed E-state index contributed by atoms with van der Waals surface area (Å²) in [5.74, 6) is 0.928. The van der Waals surface area contributed by atoms with Crippen molar-refractivity contribution >= 4 is 5.69 Å². The van der Waals surface area contributed by atoms with E-state index in [1.165, 1.54) is 0 Å². The summed E-state index contributed by atoms with van der Waals surface area (Å²) in [6, 6.07) is 1.98. The molecule has 1 aromatic heterocycles. The zero-order valence-electron chi connectivity index (χ0n) is 6.42. The van der Waals surface area contributed by atoms with Crippen LogP contribution in [0.3, 0.4) is 0 Å². The Morgan fingerprint density at radius 1 is 1.64 bits per heavy atom. The number of fused-ring (bicyclic) bond motifs is 1. The predicted octanol–water partition coefficient (Wildman–Crippen LogP) is 1.06. The number of aromatic nitrogens is 1. The van der Waals surface area contributed by atoms with Gasteiger partial charge in [-0.2, -0.15) is 0 Å². The number of hydrogen-bond acceptors (Lipinski definition) is 3. The molecule has 2 heterocycles. The molecule has 0 radical (unpaired) electrons. The maximum absolute atomic E-state index is 5.34. The van der Waals surface area contributed by atoms with E-state index >= 15 is 0 Å². The molecule has 11 heavy (non-hydrogen) atoms. The second kappa shape index (κ2) is 2.42. The number of nitrogens with one attached hydrogen (secondary N) is 1. The average molecular weight is 150 g/mol. The van der Waals surface area contributed by atoms with Gasteiger partial charge in [0.2, 0.25) is 0 Å². The highest BCUT2D eigenvalue weighted by Gasteiger charge is 2.12. The van der Waals surface area contributed by atoms with Crippen molar-refractivity contribution in [2.45, 2.75) is 6.42 Å². The third kappa shape index (κ3) is 1.02. The average Bonchev–Trinajstić information content (AvgIpc) is 2.50. The van der Waals surface area contributed by atoms with E-state index in [0.29, 0.717) is 0 Å². The summed E-state index contributed by atoms with van der Waals surface area (Å²) in [6.45, 7) is 0.773. The molecule has 1 aliphatic heterocycles. The molecule has 0 saturated carbocycles. The van der Waals surface area contributed by atoms with Crippen LogP contribution in [-0.2, 0) is 6.42 Å². The van der Waals surface area contributed by atoms with Crippen molar-refractivity contribution in [2.75, 3.05) is 19.0 Å². The first-order valence-electron chi connectivity index (χ1n) is 3.69. The highest BCUT2D eigenvalue weighted by Crippen LogP contribution is 2.25. The van der Waals surface area contributed by atoms with Gasteiger partial charge < -0.3 is 10.1 Å². The van der Waals surface area contributed by atoms with Crippen LogP contribution in [0.1, 0.15) is 5.69 Å². The number of rotatable bonds is 1. The van der Waals surface area contributed by atoms with E-state index in [2.05, 4.69) is 10.3 Å². The van der Waals surface area contributed by atoms with E-state index in [1.54, 1.807) is 0 Å². The fourth-order valence-corrected chi connectivity index (χ4v) is 1.18. The Hall–Kier alpha value is -1.25. The van der Waals surface area contributed by atoms with Crippen molar-refractivity contribution in [3.63, 3.8) is 0 Å². The van der Waals surface area contributed by atoms with Gasteiger partial charge in [0.25, 0.3) is 0 Å². The Morgan fingerprint density at radius 3 is 3.36 bits per heavy atom. The van der Waals surface area contributed by atoms with Gasteiger partial charge in [-0.05, 0) is 0 Å². The standard InChI is InChI=1S/C8H10N2O/c1-9-6-4-8-7(10-5-6)2-3-11-8/h4-5,9H,2-3H2,1H3. The number of pyridine rings is 1. The van der Waals surface area contributed by atoms with E-state index < -0.39 is 0 Å². The van der Waals surface area contributed by atoms with Crippen LogP contribution in [0.4, 0.5) is 5.69 Å². The number of ether oxygens (including phenoxy) is 1. The largest absolute Gasteiger partial charge is 0.491 e. The molecular weight excluding hydrogens is 140 g/mol. The lowest BCUT2D eigenvalue weighted by Crippen LogP contribution is -1.90. The Labute approximate surface area is 65.4 Å². The summed E-state index contributed by atoms with van der Waals surface area (Å²) < 4.78 is 5.34. The van der Waals surface area contributed by atoms with Crippen molar-refractivity contribution in [3.05, 3.63) is 18.0 Å². The summed E-state index contributed by atoms with van der Waals surface area (Å²) in [5.41, 5.74) is 2.08.